The molecule has 0 saturated carbocycles. The molecule has 3 amide bonds. The Morgan fingerprint density at radius 3 is 2.59 bits per heavy atom. The Kier molecular flexibility index (Phi) is 5.74. The summed E-state index contributed by atoms with van der Waals surface area (Å²) >= 11 is 0. The van der Waals surface area contributed by atoms with Crippen LogP contribution in [0.3, 0.4) is 0 Å². The highest BCUT2D eigenvalue weighted by molar-refractivity contribution is 6.00. The fraction of sp³-hybridized carbons (Fsp3) is 0.579. The summed E-state index contributed by atoms with van der Waals surface area (Å²) in [7, 11) is 3.36. The van der Waals surface area contributed by atoms with E-state index >= 15 is 0 Å². The number of anilines is 1. The maximum atomic E-state index is 12.9. The lowest BCUT2D eigenvalue weighted by Gasteiger charge is -2.35. The summed E-state index contributed by atoms with van der Waals surface area (Å²) in [5.41, 5.74) is 1.12. The number of nitrogens with one attached hydrogen (secondary N) is 2. The minimum absolute atomic E-state index is 0.0442. The quantitative estimate of drug-likeness (QED) is 0.813. The van der Waals surface area contributed by atoms with Gasteiger partial charge in [-0.25, -0.2) is 4.98 Å². The van der Waals surface area contributed by atoms with Crippen LogP contribution in [-0.2, 0) is 9.59 Å². The third kappa shape index (κ3) is 4.27. The molecule has 2 aliphatic rings. The lowest BCUT2D eigenvalue weighted by atomic mass is 10.0. The van der Waals surface area contributed by atoms with Gasteiger partial charge in [0.05, 0.1) is 0 Å². The van der Waals surface area contributed by atoms with E-state index in [0.29, 0.717) is 29.9 Å². The maximum absolute atomic E-state index is 12.9. The third-order valence-electron chi connectivity index (χ3n) is 5.12. The molecular weight excluding hydrogens is 346 g/mol. The van der Waals surface area contributed by atoms with E-state index in [-0.39, 0.29) is 23.8 Å². The second-order valence-corrected chi connectivity index (χ2v) is 7.41. The first-order valence-electron chi connectivity index (χ1n) is 9.40. The van der Waals surface area contributed by atoms with Gasteiger partial charge in [0, 0.05) is 37.8 Å². The summed E-state index contributed by atoms with van der Waals surface area (Å²) in [5.74, 6) is 0.00152. The molecule has 1 aromatic rings. The zero-order valence-electron chi connectivity index (χ0n) is 16.1. The number of rotatable bonds is 4. The number of pyridine rings is 1. The number of hydrogen-bond donors (Lipinski definition) is 2. The van der Waals surface area contributed by atoms with Crippen molar-refractivity contribution in [2.75, 3.05) is 32.5 Å². The topological polar surface area (TPSA) is 94.6 Å². The van der Waals surface area contributed by atoms with Crippen LogP contribution in [0.4, 0.5) is 5.82 Å². The van der Waals surface area contributed by atoms with Crippen LogP contribution in [0, 0.1) is 6.92 Å². The van der Waals surface area contributed by atoms with Crippen molar-refractivity contribution < 1.29 is 14.4 Å². The molecule has 0 spiro atoms. The molecule has 2 aliphatic heterocycles. The Morgan fingerprint density at radius 1 is 1.22 bits per heavy atom. The van der Waals surface area contributed by atoms with Crippen LogP contribution in [0.5, 0.6) is 0 Å². The van der Waals surface area contributed by atoms with Crippen molar-refractivity contribution in [1.29, 1.82) is 0 Å². The molecule has 8 heteroatoms. The van der Waals surface area contributed by atoms with Gasteiger partial charge in [0.25, 0.3) is 5.91 Å². The van der Waals surface area contributed by atoms with E-state index in [1.54, 1.807) is 38.1 Å². The number of piperidine rings is 1. The van der Waals surface area contributed by atoms with Crippen molar-refractivity contribution in [1.82, 2.24) is 20.1 Å². The highest BCUT2D eigenvalue weighted by Crippen LogP contribution is 2.26. The highest BCUT2D eigenvalue weighted by atomic mass is 16.2. The number of nitrogens with zero attached hydrogens (tertiary/aromatic N) is 3. The summed E-state index contributed by atoms with van der Waals surface area (Å²) in [4.78, 5) is 45.0. The van der Waals surface area contributed by atoms with Gasteiger partial charge in [0.15, 0.2) is 0 Å². The van der Waals surface area contributed by atoms with Crippen LogP contribution in [-0.4, -0.2) is 71.8 Å². The van der Waals surface area contributed by atoms with E-state index < -0.39 is 6.04 Å². The number of likely N-dealkylation sites (tertiary alicyclic amines) is 1. The van der Waals surface area contributed by atoms with Crippen LogP contribution in [0.1, 0.15) is 41.7 Å². The number of hydrogen-bond acceptors (Lipinski definition) is 5. The molecule has 8 nitrogen and oxygen atoms in total. The van der Waals surface area contributed by atoms with E-state index in [1.807, 2.05) is 0 Å². The molecule has 1 aromatic heterocycles. The van der Waals surface area contributed by atoms with Crippen molar-refractivity contribution in [3.8, 4) is 0 Å². The average molecular weight is 373 g/mol. The van der Waals surface area contributed by atoms with Crippen molar-refractivity contribution in [2.24, 2.45) is 0 Å². The van der Waals surface area contributed by atoms with Crippen LogP contribution in [0.2, 0.25) is 0 Å². The highest BCUT2D eigenvalue weighted by Gasteiger charge is 2.40. The third-order valence-corrected chi connectivity index (χ3v) is 5.12. The molecule has 2 saturated heterocycles. The van der Waals surface area contributed by atoms with Gasteiger partial charge in [-0.2, -0.15) is 0 Å². The number of aromatic nitrogens is 1. The average Bonchev–Trinajstić information content (AvgIpc) is 3.02. The van der Waals surface area contributed by atoms with Crippen molar-refractivity contribution >= 4 is 23.5 Å². The second kappa shape index (κ2) is 8.04. The van der Waals surface area contributed by atoms with Crippen LogP contribution >= 0.6 is 0 Å². The van der Waals surface area contributed by atoms with Gasteiger partial charge >= 0.3 is 0 Å². The molecular formula is C19H27N5O3. The normalized spacial score (nSPS) is 20.6. The smallest absolute Gasteiger partial charge is 0.253 e. The molecule has 146 valence electrons. The maximum Gasteiger partial charge on any atom is 0.253 e. The monoisotopic (exact) mass is 373 g/mol. The molecule has 0 radical (unpaired) electrons. The number of amides is 3. The summed E-state index contributed by atoms with van der Waals surface area (Å²) in [6.45, 7) is 3.50. The van der Waals surface area contributed by atoms with Gasteiger partial charge in [-0.3, -0.25) is 14.4 Å². The Bertz CT molecular complexity index is 743. The number of carbonyl (C=O) groups is 3. The Hall–Kier alpha value is -2.48. The minimum atomic E-state index is -0.476. The zero-order chi connectivity index (χ0) is 19.6. The van der Waals surface area contributed by atoms with Gasteiger partial charge in [-0.05, 0) is 51.4 Å². The van der Waals surface area contributed by atoms with E-state index in [2.05, 4.69) is 15.6 Å². The van der Waals surface area contributed by atoms with Gasteiger partial charge < -0.3 is 20.4 Å². The van der Waals surface area contributed by atoms with Crippen LogP contribution < -0.4 is 10.6 Å². The first-order chi connectivity index (χ1) is 12.9. The minimum Gasteiger partial charge on any atom is -0.345 e. The van der Waals surface area contributed by atoms with Crippen molar-refractivity contribution in [3.05, 3.63) is 23.4 Å². The van der Waals surface area contributed by atoms with E-state index in [0.717, 1.165) is 25.9 Å². The zero-order valence-corrected chi connectivity index (χ0v) is 16.1. The van der Waals surface area contributed by atoms with E-state index in [9.17, 15) is 14.4 Å². The summed E-state index contributed by atoms with van der Waals surface area (Å²) in [6, 6.07) is 2.90. The first kappa shape index (κ1) is 19.3. The molecule has 1 unspecified atom stereocenters. The summed E-state index contributed by atoms with van der Waals surface area (Å²) in [6.07, 6.45) is 2.64. The first-order valence-corrected chi connectivity index (χ1v) is 9.40. The lowest BCUT2D eigenvalue weighted by molar-refractivity contribution is -0.136. The van der Waals surface area contributed by atoms with E-state index in [1.165, 1.54) is 4.90 Å². The Labute approximate surface area is 159 Å². The molecule has 0 aromatic carbocycles. The fourth-order valence-corrected chi connectivity index (χ4v) is 3.83. The molecule has 2 N–H and O–H groups in total. The van der Waals surface area contributed by atoms with Gasteiger partial charge in [-0.1, -0.05) is 0 Å². The van der Waals surface area contributed by atoms with Gasteiger partial charge in [0.1, 0.15) is 11.9 Å². The van der Waals surface area contributed by atoms with Gasteiger partial charge in [-0.15, -0.1) is 0 Å². The summed E-state index contributed by atoms with van der Waals surface area (Å²) < 4.78 is 0. The van der Waals surface area contributed by atoms with Gasteiger partial charge in [0.2, 0.25) is 11.8 Å². The van der Waals surface area contributed by atoms with E-state index in [4.69, 9.17) is 0 Å². The number of aryl methyl sites for hydroxylation is 1. The molecule has 0 bridgehead atoms. The standard InChI is InChI=1S/C19H27N5O3/c1-12-10-13(19(27)23(2)3)11-16(21-12)22-18(26)15-4-5-17(25)24(15)14-6-8-20-9-7-14/h10-11,14-15,20H,4-9H2,1-3H3,(H,21,22,26). The van der Waals surface area contributed by atoms with Crippen LogP contribution in [0.25, 0.3) is 0 Å². The van der Waals surface area contributed by atoms with Crippen LogP contribution in [0.15, 0.2) is 12.1 Å². The fourth-order valence-electron chi connectivity index (χ4n) is 3.83. The Balaban J connectivity index is 1.76. The molecule has 3 heterocycles. The predicted octanol–water partition coefficient (Wildman–Crippen LogP) is 0.773. The molecule has 0 aliphatic carbocycles. The lowest BCUT2D eigenvalue weighted by Crippen LogP contribution is -2.51. The van der Waals surface area contributed by atoms with Crippen molar-refractivity contribution in [3.63, 3.8) is 0 Å². The summed E-state index contributed by atoms with van der Waals surface area (Å²) in [5, 5.41) is 6.10. The Morgan fingerprint density at radius 2 is 1.93 bits per heavy atom. The molecule has 2 fully saturated rings. The largest absolute Gasteiger partial charge is 0.345 e. The SMILES string of the molecule is Cc1cc(C(=O)N(C)C)cc(NC(=O)C2CCC(=O)N2C2CCNCC2)n1. The number of carbonyl (C=O) groups excluding carboxylic acids is 3. The molecule has 3 rings (SSSR count). The second-order valence-electron chi connectivity index (χ2n) is 7.41. The molecule has 27 heavy (non-hydrogen) atoms. The predicted molar refractivity (Wildman–Crippen MR) is 101 cm³/mol. The van der Waals surface area contributed by atoms with Crippen molar-refractivity contribution in [2.45, 2.75) is 44.7 Å². The molecule has 1 atom stereocenters.